The summed E-state index contributed by atoms with van der Waals surface area (Å²) in [6, 6.07) is 18.5. The summed E-state index contributed by atoms with van der Waals surface area (Å²) in [6.07, 6.45) is 2.82. The molecule has 0 saturated heterocycles. The van der Waals surface area contributed by atoms with Gasteiger partial charge in [-0.25, -0.2) is 0 Å². The highest BCUT2D eigenvalue weighted by Crippen LogP contribution is 2.27. The van der Waals surface area contributed by atoms with Crippen molar-refractivity contribution in [3.05, 3.63) is 71.4 Å². The quantitative estimate of drug-likeness (QED) is 0.692. The molecule has 2 nitrogen and oxygen atoms in total. The van der Waals surface area contributed by atoms with E-state index in [0.717, 1.165) is 28.0 Å². The van der Waals surface area contributed by atoms with E-state index >= 15 is 0 Å². The largest absolute Gasteiger partial charge is 0.376 e. The van der Waals surface area contributed by atoms with Crippen LogP contribution in [-0.2, 0) is 0 Å². The van der Waals surface area contributed by atoms with E-state index in [0.29, 0.717) is 0 Å². The van der Waals surface area contributed by atoms with E-state index in [1.54, 1.807) is 0 Å². The zero-order chi connectivity index (χ0) is 14.7. The molecule has 0 spiro atoms. The van der Waals surface area contributed by atoms with Gasteiger partial charge in [-0.3, -0.25) is 4.98 Å². The Morgan fingerprint density at radius 1 is 1.05 bits per heavy atom. The summed E-state index contributed by atoms with van der Waals surface area (Å²) in [5, 5.41) is 5.51. The Morgan fingerprint density at radius 3 is 2.57 bits per heavy atom. The number of benzene rings is 2. The monoisotopic (exact) mass is 296 g/mol. The zero-order valence-corrected chi connectivity index (χ0v) is 12.6. The topological polar surface area (TPSA) is 24.9 Å². The molecule has 106 valence electrons. The first-order valence-corrected chi connectivity index (χ1v) is 7.51. The molecule has 1 heterocycles. The maximum Gasteiger partial charge on any atom is 0.0933 e. The lowest BCUT2D eigenvalue weighted by atomic mass is 10.0. The third kappa shape index (κ3) is 3.01. The second-order valence-corrected chi connectivity index (χ2v) is 5.47. The van der Waals surface area contributed by atoms with E-state index in [9.17, 15) is 0 Å². The van der Waals surface area contributed by atoms with E-state index < -0.39 is 0 Å². The number of rotatable bonds is 4. The first-order valence-electron chi connectivity index (χ1n) is 7.13. The van der Waals surface area contributed by atoms with Crippen LogP contribution in [0.1, 0.15) is 24.9 Å². The van der Waals surface area contributed by atoms with Crippen LogP contribution in [0.4, 0.5) is 5.69 Å². The van der Waals surface area contributed by atoms with Gasteiger partial charge in [0.2, 0.25) is 0 Å². The Morgan fingerprint density at radius 2 is 1.81 bits per heavy atom. The number of hydrogen-bond donors (Lipinski definition) is 1. The SMILES string of the molecule is CCC(Nc1cccc2cccnc12)c1ccc(Cl)cc1. The third-order valence-corrected chi connectivity index (χ3v) is 3.90. The van der Waals surface area contributed by atoms with Gasteiger partial charge >= 0.3 is 0 Å². The van der Waals surface area contributed by atoms with Crippen molar-refractivity contribution < 1.29 is 0 Å². The minimum atomic E-state index is 0.245. The Balaban J connectivity index is 1.94. The Bertz CT molecular complexity index is 732. The zero-order valence-electron chi connectivity index (χ0n) is 11.9. The highest BCUT2D eigenvalue weighted by molar-refractivity contribution is 6.30. The molecule has 1 aromatic heterocycles. The molecule has 2 aromatic carbocycles. The van der Waals surface area contributed by atoms with Crippen LogP contribution < -0.4 is 5.32 Å². The fourth-order valence-corrected chi connectivity index (χ4v) is 2.65. The second-order valence-electron chi connectivity index (χ2n) is 5.04. The van der Waals surface area contributed by atoms with Crippen LogP contribution >= 0.6 is 11.6 Å². The summed E-state index contributed by atoms with van der Waals surface area (Å²) in [7, 11) is 0. The number of pyridine rings is 1. The van der Waals surface area contributed by atoms with Crippen molar-refractivity contribution >= 4 is 28.2 Å². The van der Waals surface area contributed by atoms with Crippen LogP contribution in [0.3, 0.4) is 0 Å². The van der Waals surface area contributed by atoms with Gasteiger partial charge in [-0.2, -0.15) is 0 Å². The van der Waals surface area contributed by atoms with Crippen molar-refractivity contribution in [1.82, 2.24) is 4.98 Å². The molecule has 0 aliphatic carbocycles. The van der Waals surface area contributed by atoms with E-state index in [2.05, 4.69) is 53.6 Å². The third-order valence-electron chi connectivity index (χ3n) is 3.64. The smallest absolute Gasteiger partial charge is 0.0933 e. The van der Waals surface area contributed by atoms with Crippen molar-refractivity contribution in [2.24, 2.45) is 0 Å². The number of para-hydroxylation sites is 1. The molecular formula is C18H17ClN2. The number of halogens is 1. The Hall–Kier alpha value is -2.06. The first-order chi connectivity index (χ1) is 10.3. The van der Waals surface area contributed by atoms with Gasteiger partial charge in [0.15, 0.2) is 0 Å². The van der Waals surface area contributed by atoms with Crippen LogP contribution in [-0.4, -0.2) is 4.98 Å². The lowest BCUT2D eigenvalue weighted by molar-refractivity contribution is 0.750. The van der Waals surface area contributed by atoms with Crippen LogP contribution in [0, 0.1) is 0 Å². The summed E-state index contributed by atoms with van der Waals surface area (Å²) in [4.78, 5) is 4.49. The molecule has 0 radical (unpaired) electrons. The number of nitrogens with one attached hydrogen (secondary N) is 1. The van der Waals surface area contributed by atoms with Crippen molar-refractivity contribution in [3.8, 4) is 0 Å². The van der Waals surface area contributed by atoms with Gasteiger partial charge < -0.3 is 5.32 Å². The van der Waals surface area contributed by atoms with Crippen LogP contribution in [0.5, 0.6) is 0 Å². The molecule has 1 unspecified atom stereocenters. The average molecular weight is 297 g/mol. The Labute approximate surface area is 129 Å². The van der Waals surface area contributed by atoms with Crippen molar-refractivity contribution in [2.45, 2.75) is 19.4 Å². The molecule has 0 saturated carbocycles. The maximum atomic E-state index is 5.97. The molecule has 0 aliphatic heterocycles. The van der Waals surface area contributed by atoms with Crippen LogP contribution in [0.2, 0.25) is 5.02 Å². The summed E-state index contributed by atoms with van der Waals surface area (Å²) in [5.74, 6) is 0. The van der Waals surface area contributed by atoms with Gasteiger partial charge in [0.05, 0.1) is 17.2 Å². The molecule has 0 aliphatic rings. The molecule has 3 rings (SSSR count). The highest BCUT2D eigenvalue weighted by atomic mass is 35.5. The lowest BCUT2D eigenvalue weighted by Gasteiger charge is -2.19. The van der Waals surface area contributed by atoms with Gasteiger partial charge in [0.1, 0.15) is 0 Å². The average Bonchev–Trinajstić information content (AvgIpc) is 2.54. The van der Waals surface area contributed by atoms with Gasteiger partial charge in [-0.1, -0.05) is 48.9 Å². The summed E-state index contributed by atoms with van der Waals surface area (Å²) in [5.41, 5.74) is 3.30. The number of hydrogen-bond acceptors (Lipinski definition) is 2. The molecule has 1 atom stereocenters. The van der Waals surface area contributed by atoms with Crippen molar-refractivity contribution in [1.29, 1.82) is 0 Å². The normalized spacial score (nSPS) is 12.3. The lowest BCUT2D eigenvalue weighted by Crippen LogP contribution is -2.10. The number of aromatic nitrogens is 1. The fourth-order valence-electron chi connectivity index (χ4n) is 2.52. The van der Waals surface area contributed by atoms with Crippen molar-refractivity contribution in [3.63, 3.8) is 0 Å². The minimum absolute atomic E-state index is 0.245. The molecule has 0 bridgehead atoms. The molecule has 0 amide bonds. The summed E-state index contributed by atoms with van der Waals surface area (Å²) < 4.78 is 0. The summed E-state index contributed by atoms with van der Waals surface area (Å²) >= 11 is 5.97. The number of nitrogens with zero attached hydrogens (tertiary/aromatic N) is 1. The standard InChI is InChI=1S/C18H17ClN2/c1-2-16(13-8-10-15(19)11-9-13)21-17-7-3-5-14-6-4-12-20-18(14)17/h3-12,16,21H,2H2,1H3. The van der Waals surface area contributed by atoms with Crippen molar-refractivity contribution in [2.75, 3.05) is 5.32 Å². The molecule has 0 fully saturated rings. The van der Waals surface area contributed by atoms with E-state index in [-0.39, 0.29) is 6.04 Å². The van der Waals surface area contributed by atoms with Gasteiger partial charge in [-0.05, 0) is 36.2 Å². The minimum Gasteiger partial charge on any atom is -0.376 e. The summed E-state index contributed by atoms with van der Waals surface area (Å²) in [6.45, 7) is 2.17. The van der Waals surface area contributed by atoms with Crippen LogP contribution in [0.25, 0.3) is 10.9 Å². The van der Waals surface area contributed by atoms with Gasteiger partial charge in [-0.15, -0.1) is 0 Å². The van der Waals surface area contributed by atoms with E-state index in [1.165, 1.54) is 5.56 Å². The van der Waals surface area contributed by atoms with Gasteiger partial charge in [0, 0.05) is 16.6 Å². The molecule has 1 N–H and O–H groups in total. The number of anilines is 1. The predicted molar refractivity (Wildman–Crippen MR) is 89.8 cm³/mol. The molecular weight excluding hydrogens is 280 g/mol. The van der Waals surface area contributed by atoms with E-state index in [4.69, 9.17) is 11.6 Å². The molecule has 3 heteroatoms. The molecule has 21 heavy (non-hydrogen) atoms. The molecule has 3 aromatic rings. The van der Waals surface area contributed by atoms with E-state index in [1.807, 2.05) is 24.4 Å². The van der Waals surface area contributed by atoms with Gasteiger partial charge in [0.25, 0.3) is 0 Å². The highest BCUT2D eigenvalue weighted by Gasteiger charge is 2.11. The second kappa shape index (κ2) is 6.15. The predicted octanol–water partition coefficient (Wildman–Crippen LogP) is 5.45. The maximum absolute atomic E-state index is 5.97. The Kier molecular flexibility index (Phi) is 4.07. The first kappa shape index (κ1) is 13.9. The fraction of sp³-hybridized carbons (Fsp3) is 0.167. The number of fused-ring (bicyclic) bond motifs is 1. The van der Waals surface area contributed by atoms with Crippen LogP contribution in [0.15, 0.2) is 60.8 Å².